The van der Waals surface area contributed by atoms with Crippen molar-refractivity contribution in [3.63, 3.8) is 0 Å². The van der Waals surface area contributed by atoms with E-state index in [2.05, 4.69) is 10.9 Å². The molecule has 0 fully saturated rings. The van der Waals surface area contributed by atoms with Crippen LogP contribution in [0.2, 0.25) is 0 Å². The molecule has 0 aromatic heterocycles. The second kappa shape index (κ2) is 10.8. The Morgan fingerprint density at radius 2 is 1.75 bits per heavy atom. The zero-order valence-corrected chi connectivity index (χ0v) is 15.8. The topological polar surface area (TPSA) is 85.9 Å². The van der Waals surface area contributed by atoms with Gasteiger partial charge in [-0.25, -0.2) is 4.39 Å². The third-order valence-corrected chi connectivity index (χ3v) is 3.67. The number of amides is 2. The Hall–Kier alpha value is -3.29. The number of ether oxygens (including phenoxy) is 3. The fourth-order valence-electron chi connectivity index (χ4n) is 2.30. The minimum absolute atomic E-state index is 0.161. The van der Waals surface area contributed by atoms with Crippen LogP contribution in [0.4, 0.5) is 4.39 Å². The van der Waals surface area contributed by atoms with Crippen LogP contribution in [0.1, 0.15) is 30.1 Å². The molecule has 0 radical (unpaired) electrons. The summed E-state index contributed by atoms with van der Waals surface area (Å²) in [5.74, 6) is 0.323. The Morgan fingerprint density at radius 1 is 1.00 bits per heavy atom. The number of hydrogen-bond donors (Lipinski definition) is 2. The third-order valence-electron chi connectivity index (χ3n) is 3.67. The van der Waals surface area contributed by atoms with Crippen LogP contribution >= 0.6 is 0 Å². The number of hydrazine groups is 1. The summed E-state index contributed by atoms with van der Waals surface area (Å²) < 4.78 is 28.8. The van der Waals surface area contributed by atoms with Crippen LogP contribution < -0.4 is 25.1 Å². The van der Waals surface area contributed by atoms with Gasteiger partial charge in [-0.2, -0.15) is 0 Å². The molecule has 0 aliphatic rings. The van der Waals surface area contributed by atoms with E-state index in [-0.39, 0.29) is 18.1 Å². The van der Waals surface area contributed by atoms with Crippen LogP contribution in [-0.2, 0) is 4.79 Å². The zero-order chi connectivity index (χ0) is 20.4. The minimum atomic E-state index is -0.475. The Morgan fingerprint density at radius 3 is 2.43 bits per heavy atom. The van der Waals surface area contributed by atoms with Gasteiger partial charge in [0, 0.05) is 12.0 Å². The Bertz CT molecular complexity index is 796. The monoisotopic (exact) mass is 390 g/mol. The number of halogens is 1. The molecule has 2 aromatic rings. The average molecular weight is 390 g/mol. The molecule has 28 heavy (non-hydrogen) atoms. The van der Waals surface area contributed by atoms with Crippen LogP contribution in [0.25, 0.3) is 0 Å². The van der Waals surface area contributed by atoms with E-state index in [1.54, 1.807) is 12.1 Å². The fourth-order valence-corrected chi connectivity index (χ4v) is 2.30. The highest BCUT2D eigenvalue weighted by Crippen LogP contribution is 2.27. The van der Waals surface area contributed by atoms with Gasteiger partial charge in [-0.15, -0.1) is 0 Å². The predicted octanol–water partition coefficient (Wildman–Crippen LogP) is 2.85. The minimum Gasteiger partial charge on any atom is -0.494 e. The quantitative estimate of drug-likeness (QED) is 0.508. The van der Waals surface area contributed by atoms with Gasteiger partial charge in [-0.05, 0) is 55.8 Å². The lowest BCUT2D eigenvalue weighted by atomic mass is 10.2. The molecule has 2 aromatic carbocycles. The summed E-state index contributed by atoms with van der Waals surface area (Å²) in [5.41, 5.74) is 5.02. The molecule has 8 heteroatoms. The Kier molecular flexibility index (Phi) is 8.08. The summed E-state index contributed by atoms with van der Waals surface area (Å²) in [6, 6.07) is 10.4. The SMILES string of the molecule is CCOc1ccc(C(=O)NNC(=O)CCCOc2ccc(F)cc2)cc1OC. The summed E-state index contributed by atoms with van der Waals surface area (Å²) >= 11 is 0. The normalized spacial score (nSPS) is 10.1. The van der Waals surface area contributed by atoms with E-state index < -0.39 is 5.91 Å². The lowest BCUT2D eigenvalue weighted by Crippen LogP contribution is -2.41. The molecule has 150 valence electrons. The third kappa shape index (κ3) is 6.46. The average Bonchev–Trinajstić information content (AvgIpc) is 2.71. The first-order valence-corrected chi connectivity index (χ1v) is 8.82. The second-order valence-electron chi connectivity index (χ2n) is 5.71. The maximum Gasteiger partial charge on any atom is 0.269 e. The first-order chi connectivity index (χ1) is 13.5. The molecule has 0 bridgehead atoms. The molecule has 2 amide bonds. The van der Waals surface area contributed by atoms with Crippen LogP contribution in [0.5, 0.6) is 17.2 Å². The van der Waals surface area contributed by atoms with Crippen molar-refractivity contribution >= 4 is 11.8 Å². The van der Waals surface area contributed by atoms with Crippen LogP contribution in [0.15, 0.2) is 42.5 Å². The van der Waals surface area contributed by atoms with Crippen molar-refractivity contribution in [3.8, 4) is 17.2 Å². The molecular weight excluding hydrogens is 367 g/mol. The summed E-state index contributed by atoms with van der Waals surface area (Å²) in [6.45, 7) is 2.62. The Labute approximate surface area is 162 Å². The summed E-state index contributed by atoms with van der Waals surface area (Å²) in [5, 5.41) is 0. The molecular formula is C20H23FN2O5. The largest absolute Gasteiger partial charge is 0.494 e. The summed E-state index contributed by atoms with van der Waals surface area (Å²) in [7, 11) is 1.48. The van der Waals surface area contributed by atoms with Crippen molar-refractivity contribution in [1.29, 1.82) is 0 Å². The first-order valence-electron chi connectivity index (χ1n) is 8.82. The maximum atomic E-state index is 12.8. The molecule has 0 atom stereocenters. The van der Waals surface area contributed by atoms with Gasteiger partial charge in [0.2, 0.25) is 5.91 Å². The molecule has 7 nitrogen and oxygen atoms in total. The van der Waals surface area contributed by atoms with Gasteiger partial charge in [0.1, 0.15) is 11.6 Å². The van der Waals surface area contributed by atoms with Crippen molar-refractivity contribution < 1.29 is 28.2 Å². The van der Waals surface area contributed by atoms with E-state index in [0.717, 1.165) is 0 Å². The number of nitrogens with one attached hydrogen (secondary N) is 2. The van der Waals surface area contributed by atoms with E-state index >= 15 is 0 Å². The smallest absolute Gasteiger partial charge is 0.269 e. The molecule has 0 aliphatic heterocycles. The van der Waals surface area contributed by atoms with E-state index in [4.69, 9.17) is 14.2 Å². The van der Waals surface area contributed by atoms with Gasteiger partial charge in [0.25, 0.3) is 5.91 Å². The zero-order valence-electron chi connectivity index (χ0n) is 15.8. The second-order valence-corrected chi connectivity index (χ2v) is 5.71. The number of methoxy groups -OCH3 is 1. The highest BCUT2D eigenvalue weighted by atomic mass is 19.1. The molecule has 0 aliphatic carbocycles. The van der Waals surface area contributed by atoms with E-state index in [1.807, 2.05) is 6.92 Å². The highest BCUT2D eigenvalue weighted by molar-refractivity contribution is 5.96. The number of carbonyl (C=O) groups excluding carboxylic acids is 2. The lowest BCUT2D eigenvalue weighted by molar-refractivity contribution is -0.122. The summed E-state index contributed by atoms with van der Waals surface area (Å²) in [4.78, 5) is 24.0. The lowest BCUT2D eigenvalue weighted by Gasteiger charge is -2.12. The van der Waals surface area contributed by atoms with E-state index in [0.29, 0.717) is 42.4 Å². The standard InChI is InChI=1S/C20H23FN2O5/c1-3-27-17-11-6-14(13-18(17)26-2)20(25)23-22-19(24)5-4-12-28-16-9-7-15(21)8-10-16/h6-11,13H,3-5,12H2,1-2H3,(H,22,24)(H,23,25). The molecule has 0 saturated heterocycles. The van der Waals surface area contributed by atoms with Gasteiger partial charge < -0.3 is 14.2 Å². The van der Waals surface area contributed by atoms with Gasteiger partial charge in [-0.3, -0.25) is 20.4 Å². The predicted molar refractivity (Wildman–Crippen MR) is 101 cm³/mol. The number of hydrogen-bond acceptors (Lipinski definition) is 5. The van der Waals surface area contributed by atoms with Crippen molar-refractivity contribution in [1.82, 2.24) is 10.9 Å². The van der Waals surface area contributed by atoms with Crippen molar-refractivity contribution in [2.75, 3.05) is 20.3 Å². The summed E-state index contributed by atoms with van der Waals surface area (Å²) in [6.07, 6.45) is 0.601. The van der Waals surface area contributed by atoms with Gasteiger partial charge in [-0.1, -0.05) is 0 Å². The van der Waals surface area contributed by atoms with Gasteiger partial charge in [0.05, 0.1) is 20.3 Å². The molecule has 2 N–H and O–H groups in total. The molecule has 0 heterocycles. The molecule has 2 rings (SSSR count). The molecule has 0 unspecified atom stereocenters. The number of rotatable bonds is 9. The molecule has 0 saturated carbocycles. The maximum absolute atomic E-state index is 12.8. The van der Waals surface area contributed by atoms with Gasteiger partial charge >= 0.3 is 0 Å². The fraction of sp³-hybridized carbons (Fsp3) is 0.300. The highest BCUT2D eigenvalue weighted by Gasteiger charge is 2.12. The van der Waals surface area contributed by atoms with E-state index in [9.17, 15) is 14.0 Å². The Balaban J connectivity index is 1.73. The van der Waals surface area contributed by atoms with Crippen molar-refractivity contribution in [2.24, 2.45) is 0 Å². The van der Waals surface area contributed by atoms with Crippen LogP contribution in [0, 0.1) is 5.82 Å². The van der Waals surface area contributed by atoms with Crippen LogP contribution in [-0.4, -0.2) is 32.1 Å². The van der Waals surface area contributed by atoms with E-state index in [1.165, 1.54) is 37.4 Å². The van der Waals surface area contributed by atoms with Gasteiger partial charge in [0.15, 0.2) is 11.5 Å². The number of carbonyl (C=O) groups is 2. The number of benzene rings is 2. The first kappa shape index (κ1) is 21.0. The van der Waals surface area contributed by atoms with Crippen molar-refractivity contribution in [2.45, 2.75) is 19.8 Å². The van der Waals surface area contributed by atoms with Crippen molar-refractivity contribution in [3.05, 3.63) is 53.8 Å². The molecule has 0 spiro atoms. The van der Waals surface area contributed by atoms with Crippen LogP contribution in [0.3, 0.4) is 0 Å².